The molecule has 0 unspecified atom stereocenters. The SMILES string of the molecule is CC(C)OCCCCNS(=O)(=O)Cc1ccc(C#N)cc1. The van der Waals surface area contributed by atoms with E-state index in [0.717, 1.165) is 12.8 Å². The Morgan fingerprint density at radius 3 is 2.48 bits per heavy atom. The Labute approximate surface area is 127 Å². The van der Waals surface area contributed by atoms with Crippen molar-refractivity contribution in [3.63, 3.8) is 0 Å². The van der Waals surface area contributed by atoms with Gasteiger partial charge in [0.15, 0.2) is 0 Å². The van der Waals surface area contributed by atoms with Gasteiger partial charge in [0.1, 0.15) is 0 Å². The lowest BCUT2D eigenvalue weighted by Crippen LogP contribution is -2.26. The third-order valence-electron chi connectivity index (χ3n) is 2.78. The van der Waals surface area contributed by atoms with Gasteiger partial charge in [0.2, 0.25) is 10.0 Å². The molecule has 0 aliphatic carbocycles. The Morgan fingerprint density at radius 2 is 1.90 bits per heavy atom. The fourth-order valence-electron chi connectivity index (χ4n) is 1.72. The molecule has 6 heteroatoms. The van der Waals surface area contributed by atoms with Crippen molar-refractivity contribution in [3.8, 4) is 6.07 Å². The van der Waals surface area contributed by atoms with Crippen molar-refractivity contribution in [1.29, 1.82) is 5.26 Å². The summed E-state index contributed by atoms with van der Waals surface area (Å²) in [7, 11) is -3.33. The summed E-state index contributed by atoms with van der Waals surface area (Å²) in [5.74, 6) is -0.0683. The molecule has 0 fully saturated rings. The quantitative estimate of drug-likeness (QED) is 0.709. The van der Waals surface area contributed by atoms with Crippen molar-refractivity contribution in [3.05, 3.63) is 35.4 Å². The number of nitrogens with one attached hydrogen (secondary N) is 1. The van der Waals surface area contributed by atoms with Crippen LogP contribution in [0.4, 0.5) is 0 Å². The second-order valence-corrected chi connectivity index (χ2v) is 6.90. The molecule has 0 bridgehead atoms. The van der Waals surface area contributed by atoms with Gasteiger partial charge in [-0.05, 0) is 44.4 Å². The molecule has 1 rings (SSSR count). The van der Waals surface area contributed by atoms with Crippen LogP contribution in [0.15, 0.2) is 24.3 Å². The summed E-state index contributed by atoms with van der Waals surface area (Å²) in [6.07, 6.45) is 1.79. The average molecular weight is 310 g/mol. The van der Waals surface area contributed by atoms with E-state index >= 15 is 0 Å². The normalized spacial score (nSPS) is 11.5. The maximum atomic E-state index is 11.9. The highest BCUT2D eigenvalue weighted by Crippen LogP contribution is 2.07. The molecule has 0 aliphatic rings. The number of ether oxygens (including phenoxy) is 1. The number of benzene rings is 1. The maximum absolute atomic E-state index is 11.9. The van der Waals surface area contributed by atoms with E-state index in [-0.39, 0.29) is 11.9 Å². The molecule has 1 aromatic rings. The maximum Gasteiger partial charge on any atom is 0.215 e. The molecule has 0 spiro atoms. The summed E-state index contributed by atoms with van der Waals surface area (Å²) in [6.45, 7) is 5.01. The molecule has 0 saturated heterocycles. The van der Waals surface area contributed by atoms with Crippen LogP contribution in [0, 0.1) is 11.3 Å². The molecule has 0 atom stereocenters. The summed E-state index contributed by atoms with van der Waals surface area (Å²) >= 11 is 0. The Bertz CT molecular complexity index is 560. The second-order valence-electron chi connectivity index (χ2n) is 5.09. The molecule has 21 heavy (non-hydrogen) atoms. The van der Waals surface area contributed by atoms with E-state index in [1.54, 1.807) is 24.3 Å². The molecular weight excluding hydrogens is 288 g/mol. The molecule has 1 aromatic carbocycles. The number of nitriles is 1. The molecule has 0 aliphatic heterocycles. The van der Waals surface area contributed by atoms with Crippen molar-refractivity contribution < 1.29 is 13.2 Å². The van der Waals surface area contributed by atoms with Crippen LogP contribution in [-0.4, -0.2) is 27.7 Å². The van der Waals surface area contributed by atoms with Crippen molar-refractivity contribution in [1.82, 2.24) is 4.72 Å². The fourth-order valence-corrected chi connectivity index (χ4v) is 2.91. The molecule has 1 N–H and O–H groups in total. The van der Waals surface area contributed by atoms with Crippen LogP contribution < -0.4 is 4.72 Å². The lowest BCUT2D eigenvalue weighted by molar-refractivity contribution is 0.0762. The van der Waals surface area contributed by atoms with E-state index in [1.165, 1.54) is 0 Å². The fraction of sp³-hybridized carbons (Fsp3) is 0.533. The van der Waals surface area contributed by atoms with Gasteiger partial charge in [-0.2, -0.15) is 5.26 Å². The van der Waals surface area contributed by atoms with Gasteiger partial charge in [0, 0.05) is 13.2 Å². The molecule has 5 nitrogen and oxygen atoms in total. The predicted molar refractivity (Wildman–Crippen MR) is 82.1 cm³/mol. The van der Waals surface area contributed by atoms with E-state index in [9.17, 15) is 8.42 Å². The van der Waals surface area contributed by atoms with Gasteiger partial charge in [-0.15, -0.1) is 0 Å². The minimum Gasteiger partial charge on any atom is -0.379 e. The first-order valence-electron chi connectivity index (χ1n) is 7.01. The molecule has 116 valence electrons. The van der Waals surface area contributed by atoms with Gasteiger partial charge in [-0.1, -0.05) is 12.1 Å². The largest absolute Gasteiger partial charge is 0.379 e. The van der Waals surface area contributed by atoms with Gasteiger partial charge in [-0.25, -0.2) is 13.1 Å². The smallest absolute Gasteiger partial charge is 0.215 e. The number of nitrogens with zero attached hydrogens (tertiary/aromatic N) is 1. The zero-order valence-corrected chi connectivity index (χ0v) is 13.3. The van der Waals surface area contributed by atoms with Crippen LogP contribution in [0.3, 0.4) is 0 Å². The average Bonchev–Trinajstić information content (AvgIpc) is 2.43. The predicted octanol–water partition coefficient (Wildman–Crippen LogP) is 2.18. The van der Waals surface area contributed by atoms with Crippen LogP contribution >= 0.6 is 0 Å². The van der Waals surface area contributed by atoms with Crippen LogP contribution in [-0.2, 0) is 20.5 Å². The molecule has 0 heterocycles. The van der Waals surface area contributed by atoms with Gasteiger partial charge in [-0.3, -0.25) is 0 Å². The number of rotatable bonds is 9. The number of sulfonamides is 1. The van der Waals surface area contributed by atoms with Crippen LogP contribution in [0.2, 0.25) is 0 Å². The van der Waals surface area contributed by atoms with E-state index in [0.29, 0.717) is 24.3 Å². The molecular formula is C15H22N2O3S. The van der Waals surface area contributed by atoms with Crippen LogP contribution in [0.25, 0.3) is 0 Å². The van der Waals surface area contributed by atoms with Crippen molar-refractivity contribution >= 4 is 10.0 Å². The summed E-state index contributed by atoms with van der Waals surface area (Å²) in [5.41, 5.74) is 1.19. The molecule has 0 amide bonds. The zero-order valence-electron chi connectivity index (χ0n) is 12.5. The third-order valence-corrected chi connectivity index (χ3v) is 4.14. The van der Waals surface area contributed by atoms with Crippen molar-refractivity contribution in [2.45, 2.75) is 38.5 Å². The topological polar surface area (TPSA) is 79.2 Å². The Morgan fingerprint density at radius 1 is 1.24 bits per heavy atom. The van der Waals surface area contributed by atoms with Crippen molar-refractivity contribution in [2.24, 2.45) is 0 Å². The molecule has 0 radical (unpaired) electrons. The first kappa shape index (κ1) is 17.6. The van der Waals surface area contributed by atoms with E-state index in [2.05, 4.69) is 4.72 Å². The highest BCUT2D eigenvalue weighted by Gasteiger charge is 2.10. The molecule has 0 saturated carbocycles. The number of hydrogen-bond donors (Lipinski definition) is 1. The van der Waals surface area contributed by atoms with Crippen molar-refractivity contribution in [2.75, 3.05) is 13.2 Å². The van der Waals surface area contributed by atoms with Gasteiger partial charge in [0.05, 0.1) is 23.5 Å². The zero-order chi connectivity index (χ0) is 15.7. The van der Waals surface area contributed by atoms with E-state index in [4.69, 9.17) is 10.00 Å². The minimum absolute atomic E-state index is 0.0683. The van der Waals surface area contributed by atoms with Crippen LogP contribution in [0.5, 0.6) is 0 Å². The Kier molecular flexibility index (Phi) is 7.37. The summed E-state index contributed by atoms with van der Waals surface area (Å²) in [5, 5.41) is 8.69. The third kappa shape index (κ3) is 7.81. The first-order valence-corrected chi connectivity index (χ1v) is 8.66. The lowest BCUT2D eigenvalue weighted by atomic mass is 10.2. The molecule has 0 aromatic heterocycles. The van der Waals surface area contributed by atoms with E-state index < -0.39 is 10.0 Å². The number of unbranched alkanes of at least 4 members (excludes halogenated alkanes) is 1. The van der Waals surface area contributed by atoms with Gasteiger partial charge < -0.3 is 4.74 Å². The van der Waals surface area contributed by atoms with Gasteiger partial charge in [0.25, 0.3) is 0 Å². The van der Waals surface area contributed by atoms with E-state index in [1.807, 2.05) is 19.9 Å². The second kappa shape index (κ2) is 8.78. The highest BCUT2D eigenvalue weighted by atomic mass is 32.2. The summed E-state index contributed by atoms with van der Waals surface area (Å²) < 4.78 is 31.7. The Balaban J connectivity index is 2.31. The number of hydrogen-bond acceptors (Lipinski definition) is 4. The van der Waals surface area contributed by atoms with Crippen LogP contribution in [0.1, 0.15) is 37.8 Å². The Hall–Kier alpha value is -1.42. The monoisotopic (exact) mass is 310 g/mol. The van der Waals surface area contributed by atoms with Gasteiger partial charge >= 0.3 is 0 Å². The summed E-state index contributed by atoms with van der Waals surface area (Å²) in [4.78, 5) is 0. The lowest BCUT2D eigenvalue weighted by Gasteiger charge is -2.08. The highest BCUT2D eigenvalue weighted by molar-refractivity contribution is 7.88. The minimum atomic E-state index is -3.33. The standard InChI is InChI=1S/C15H22N2O3S/c1-13(2)20-10-4-3-9-17-21(18,19)12-15-7-5-14(11-16)6-8-15/h5-8,13,17H,3-4,9-10,12H2,1-2H3. The summed E-state index contributed by atoms with van der Waals surface area (Å²) in [6, 6.07) is 8.56. The first-order chi connectivity index (χ1) is 9.93.